The van der Waals surface area contributed by atoms with Gasteiger partial charge in [-0.25, -0.2) is 8.42 Å². The average molecular weight is 557 g/mol. The van der Waals surface area contributed by atoms with E-state index in [1.165, 1.54) is 10.4 Å². The van der Waals surface area contributed by atoms with Gasteiger partial charge < -0.3 is 5.32 Å². The van der Waals surface area contributed by atoms with E-state index < -0.39 is 21.9 Å². The van der Waals surface area contributed by atoms with Crippen molar-refractivity contribution >= 4 is 32.1 Å². The number of alkyl halides is 3. The third-order valence-electron chi connectivity index (χ3n) is 7.60. The van der Waals surface area contributed by atoms with Crippen molar-refractivity contribution in [1.82, 2.24) is 4.90 Å². The van der Waals surface area contributed by atoms with Gasteiger partial charge in [-0.3, -0.25) is 9.69 Å². The van der Waals surface area contributed by atoms with Gasteiger partial charge in [-0.1, -0.05) is 32.9 Å². The summed E-state index contributed by atoms with van der Waals surface area (Å²) in [7, 11) is -3.27. The third kappa shape index (κ3) is 6.57. The number of halogens is 3. The first-order valence-electron chi connectivity index (χ1n) is 12.9. The van der Waals surface area contributed by atoms with Crippen molar-refractivity contribution < 1.29 is 26.4 Å². The largest absolute Gasteiger partial charge is 0.391 e. The van der Waals surface area contributed by atoms with Crippen LogP contribution in [0.5, 0.6) is 0 Å². The summed E-state index contributed by atoms with van der Waals surface area (Å²) in [6, 6.07) is 8.64. The molecule has 1 atom stereocenters. The number of benzene rings is 1. The molecule has 4 rings (SSSR count). The Morgan fingerprint density at radius 3 is 2.35 bits per heavy atom. The molecule has 1 fully saturated rings. The van der Waals surface area contributed by atoms with E-state index in [-0.39, 0.29) is 47.8 Å². The maximum absolute atomic E-state index is 13.0. The van der Waals surface area contributed by atoms with E-state index in [1.54, 1.807) is 42.5 Å². The molecule has 0 radical (unpaired) electrons. The predicted octanol–water partition coefficient (Wildman–Crippen LogP) is 6.60. The van der Waals surface area contributed by atoms with Gasteiger partial charge in [-0.05, 0) is 66.8 Å². The highest BCUT2D eigenvalue weighted by molar-refractivity contribution is 7.91. The minimum Gasteiger partial charge on any atom is -0.317 e. The van der Waals surface area contributed by atoms with Crippen LogP contribution in [0, 0.1) is 17.8 Å². The second-order valence-electron chi connectivity index (χ2n) is 10.7. The highest BCUT2D eigenvalue weighted by Gasteiger charge is 2.42. The number of carbonyl (C=O) groups is 1. The summed E-state index contributed by atoms with van der Waals surface area (Å²) in [6.07, 6.45) is -2.25. The molecule has 1 aromatic carbocycles. The van der Waals surface area contributed by atoms with Crippen LogP contribution in [0.1, 0.15) is 68.5 Å². The van der Waals surface area contributed by atoms with Gasteiger partial charge in [0, 0.05) is 24.0 Å². The summed E-state index contributed by atoms with van der Waals surface area (Å²) in [5, 5.41) is 3.77. The lowest BCUT2D eigenvalue weighted by atomic mass is 9.81. The Kier molecular flexibility index (Phi) is 8.40. The summed E-state index contributed by atoms with van der Waals surface area (Å²) in [4.78, 5) is 16.6. The van der Waals surface area contributed by atoms with Gasteiger partial charge in [0.2, 0.25) is 5.91 Å². The van der Waals surface area contributed by atoms with Gasteiger partial charge in [0.25, 0.3) is 0 Å². The van der Waals surface area contributed by atoms with E-state index in [0.717, 1.165) is 23.7 Å². The number of carbonyl (C=O) groups excluding carboxylic acids is 1. The summed E-state index contributed by atoms with van der Waals surface area (Å²) in [6.45, 7) is 7.47. The zero-order valence-corrected chi connectivity index (χ0v) is 23.1. The number of rotatable bonds is 8. The van der Waals surface area contributed by atoms with Gasteiger partial charge >= 0.3 is 6.18 Å². The molecule has 1 amide bonds. The normalized spacial score (nSPS) is 22.8. The molecule has 1 saturated carbocycles. The topological polar surface area (TPSA) is 66.5 Å². The molecular weight excluding hydrogens is 521 g/mol. The SMILES string of the molecule is CCS(=O)(=O)c1ccc(CC(=O)Nc2cc3c(s2)[C@@H](C(C)C)N(C[C@H]2CC[C@H](C(F)(F)F)CC2)C3)cc1. The molecule has 0 spiro atoms. The van der Waals surface area contributed by atoms with Crippen molar-refractivity contribution in [1.29, 1.82) is 0 Å². The van der Waals surface area contributed by atoms with Crippen LogP contribution in [-0.2, 0) is 27.6 Å². The van der Waals surface area contributed by atoms with Crippen LogP contribution in [0.3, 0.4) is 0 Å². The van der Waals surface area contributed by atoms with Gasteiger partial charge in [0.15, 0.2) is 9.84 Å². The van der Waals surface area contributed by atoms with Crippen molar-refractivity contribution in [3.63, 3.8) is 0 Å². The molecule has 0 saturated heterocycles. The van der Waals surface area contributed by atoms with Crippen LogP contribution in [0.4, 0.5) is 18.2 Å². The molecule has 37 heavy (non-hydrogen) atoms. The molecule has 204 valence electrons. The number of nitrogens with one attached hydrogen (secondary N) is 1. The van der Waals surface area contributed by atoms with Crippen molar-refractivity contribution in [3.8, 4) is 0 Å². The highest BCUT2D eigenvalue weighted by atomic mass is 32.2. The molecular formula is C27H35F3N2O3S2. The van der Waals surface area contributed by atoms with E-state index in [2.05, 4.69) is 24.1 Å². The number of fused-ring (bicyclic) bond motifs is 1. The quantitative estimate of drug-likeness (QED) is 0.398. The zero-order chi connectivity index (χ0) is 27.0. The summed E-state index contributed by atoms with van der Waals surface area (Å²) in [5.74, 6) is -0.660. The molecule has 0 bridgehead atoms. The average Bonchev–Trinajstić information content (AvgIpc) is 3.35. The third-order valence-corrected chi connectivity index (χ3v) is 10.5. The Morgan fingerprint density at radius 2 is 1.78 bits per heavy atom. The number of amides is 1. The Hall–Kier alpha value is -1.91. The van der Waals surface area contributed by atoms with E-state index in [1.807, 2.05) is 6.07 Å². The number of sulfone groups is 1. The van der Waals surface area contributed by atoms with Crippen LogP contribution < -0.4 is 5.32 Å². The molecule has 1 N–H and O–H groups in total. The predicted molar refractivity (Wildman–Crippen MR) is 140 cm³/mol. The highest BCUT2D eigenvalue weighted by Crippen LogP contribution is 2.47. The fraction of sp³-hybridized carbons (Fsp3) is 0.593. The lowest BCUT2D eigenvalue weighted by Crippen LogP contribution is -2.35. The van der Waals surface area contributed by atoms with Gasteiger partial charge in [-0.2, -0.15) is 13.2 Å². The number of anilines is 1. The van der Waals surface area contributed by atoms with Crippen molar-refractivity contribution in [2.24, 2.45) is 17.8 Å². The van der Waals surface area contributed by atoms with E-state index in [4.69, 9.17) is 0 Å². The standard InChI is InChI=1S/C27H35F3N2O3S2/c1-4-37(34,35)22-11-7-18(8-12-22)13-23(33)31-24-14-20-16-32(25(17(2)3)26(20)36-24)15-19-5-9-21(10-6-19)27(28,29)30/h7-8,11-12,14,17,19,21,25H,4-6,9-10,13,15-16H2,1-3H3,(H,31,33)/t19-,21-,25-/m1/s1. The molecule has 2 aromatic rings. The van der Waals surface area contributed by atoms with Crippen LogP contribution in [0.25, 0.3) is 0 Å². The summed E-state index contributed by atoms with van der Waals surface area (Å²) < 4.78 is 63.1. The molecule has 1 aromatic heterocycles. The molecule has 1 aliphatic carbocycles. The maximum atomic E-state index is 13.0. The molecule has 2 heterocycles. The second-order valence-corrected chi connectivity index (χ2v) is 14.0. The van der Waals surface area contributed by atoms with Crippen LogP contribution in [-0.4, -0.2) is 37.7 Å². The van der Waals surface area contributed by atoms with E-state index in [9.17, 15) is 26.4 Å². The van der Waals surface area contributed by atoms with Gasteiger partial charge in [-0.15, -0.1) is 11.3 Å². The first-order valence-corrected chi connectivity index (χ1v) is 15.4. The lowest BCUT2D eigenvalue weighted by Gasteiger charge is -2.35. The first-order chi connectivity index (χ1) is 17.4. The van der Waals surface area contributed by atoms with Gasteiger partial charge in [0.1, 0.15) is 0 Å². The number of hydrogen-bond donors (Lipinski definition) is 1. The minimum absolute atomic E-state index is 0.0316. The van der Waals surface area contributed by atoms with Crippen LogP contribution in [0.15, 0.2) is 35.2 Å². The number of thiophene rings is 1. The van der Waals surface area contributed by atoms with E-state index in [0.29, 0.717) is 18.8 Å². The summed E-state index contributed by atoms with van der Waals surface area (Å²) in [5.41, 5.74) is 1.92. The molecule has 2 aliphatic rings. The van der Waals surface area contributed by atoms with Crippen LogP contribution in [0.2, 0.25) is 0 Å². The number of nitrogens with zero attached hydrogens (tertiary/aromatic N) is 1. The Morgan fingerprint density at radius 1 is 1.14 bits per heavy atom. The monoisotopic (exact) mass is 556 g/mol. The first kappa shape index (κ1) is 28.1. The van der Waals surface area contributed by atoms with Gasteiger partial charge in [0.05, 0.1) is 28.0 Å². The Balaban J connectivity index is 1.35. The number of hydrogen-bond acceptors (Lipinski definition) is 5. The minimum atomic E-state index is -4.08. The Bertz CT molecular complexity index is 1200. The van der Waals surface area contributed by atoms with E-state index >= 15 is 0 Å². The second kappa shape index (κ2) is 11.1. The smallest absolute Gasteiger partial charge is 0.317 e. The lowest BCUT2D eigenvalue weighted by molar-refractivity contribution is -0.184. The molecule has 1 aliphatic heterocycles. The fourth-order valence-electron chi connectivity index (χ4n) is 5.62. The fourth-order valence-corrected chi connectivity index (χ4v) is 7.90. The van der Waals surface area contributed by atoms with Crippen molar-refractivity contribution in [3.05, 3.63) is 46.3 Å². The maximum Gasteiger partial charge on any atom is 0.391 e. The zero-order valence-electron chi connectivity index (χ0n) is 21.5. The molecule has 10 heteroatoms. The summed E-state index contributed by atoms with van der Waals surface area (Å²) >= 11 is 1.57. The van der Waals surface area contributed by atoms with Crippen LogP contribution >= 0.6 is 11.3 Å². The van der Waals surface area contributed by atoms with Crippen molar-refractivity contribution in [2.75, 3.05) is 17.6 Å². The molecule has 0 unspecified atom stereocenters. The molecule has 5 nitrogen and oxygen atoms in total. The Labute approximate surface area is 221 Å². The van der Waals surface area contributed by atoms with Crippen molar-refractivity contribution in [2.45, 2.75) is 76.5 Å².